The van der Waals surface area contributed by atoms with Gasteiger partial charge in [-0.3, -0.25) is 4.99 Å². The monoisotopic (exact) mass is 468 g/mol. The molecular weight excluding hydrogens is 436 g/mol. The summed E-state index contributed by atoms with van der Waals surface area (Å²) in [6.07, 6.45) is 4.75. The van der Waals surface area contributed by atoms with E-state index in [1.54, 1.807) is 14.2 Å². The molecule has 0 unspecified atom stereocenters. The third-order valence-electron chi connectivity index (χ3n) is 7.06. The second-order valence-corrected chi connectivity index (χ2v) is 9.25. The average molecular weight is 469 g/mol. The van der Waals surface area contributed by atoms with Crippen LogP contribution in [0.4, 0.5) is 0 Å². The van der Waals surface area contributed by atoms with Gasteiger partial charge < -0.3 is 14.3 Å². The number of rotatable bonds is 7. The molecule has 3 aromatic rings. The van der Waals surface area contributed by atoms with Crippen molar-refractivity contribution >= 4 is 11.4 Å². The van der Waals surface area contributed by atoms with Crippen LogP contribution in [0.3, 0.4) is 0 Å². The molecule has 2 atom stereocenters. The van der Waals surface area contributed by atoms with Crippen LogP contribution >= 0.6 is 0 Å². The predicted octanol–water partition coefficient (Wildman–Crippen LogP) is 6.52. The minimum Gasteiger partial charge on any atom is -0.493 e. The van der Waals surface area contributed by atoms with Crippen LogP contribution in [0.2, 0.25) is 0 Å². The Kier molecular flexibility index (Phi) is 6.84. The van der Waals surface area contributed by atoms with E-state index in [2.05, 4.69) is 41.6 Å². The SMILES string of the molecule is COc1cc2c(cc1OC)[C@H]1CCCC[C@H]1N=C2c1cccc(/C(C)=N/OCc2ccccc2)c1. The Morgan fingerprint density at radius 2 is 1.69 bits per heavy atom. The number of methoxy groups -OCH3 is 2. The maximum atomic E-state index is 5.65. The van der Waals surface area contributed by atoms with Gasteiger partial charge in [0.1, 0.15) is 6.61 Å². The number of fused-ring (bicyclic) bond motifs is 3. The molecule has 5 heteroatoms. The fraction of sp³-hybridized carbons (Fsp3) is 0.333. The van der Waals surface area contributed by atoms with E-state index < -0.39 is 0 Å². The molecule has 0 saturated heterocycles. The van der Waals surface area contributed by atoms with Gasteiger partial charge in [-0.25, -0.2) is 0 Å². The van der Waals surface area contributed by atoms with Crippen molar-refractivity contribution in [3.63, 3.8) is 0 Å². The maximum Gasteiger partial charge on any atom is 0.161 e. The first-order valence-electron chi connectivity index (χ1n) is 12.3. The molecule has 1 heterocycles. The molecule has 0 amide bonds. The summed E-state index contributed by atoms with van der Waals surface area (Å²) in [6, 6.07) is 23.1. The number of ether oxygens (including phenoxy) is 2. The molecule has 1 aliphatic carbocycles. The fourth-order valence-electron chi connectivity index (χ4n) is 5.22. The van der Waals surface area contributed by atoms with Crippen LogP contribution in [0.15, 0.2) is 76.9 Å². The van der Waals surface area contributed by atoms with Crippen molar-refractivity contribution in [3.05, 3.63) is 94.5 Å². The second kappa shape index (κ2) is 10.3. The van der Waals surface area contributed by atoms with Crippen molar-refractivity contribution in [2.24, 2.45) is 10.1 Å². The lowest BCUT2D eigenvalue weighted by atomic mass is 9.75. The number of oxime groups is 1. The van der Waals surface area contributed by atoms with Crippen LogP contribution in [0.25, 0.3) is 0 Å². The second-order valence-electron chi connectivity index (χ2n) is 9.25. The summed E-state index contributed by atoms with van der Waals surface area (Å²) in [6.45, 7) is 2.43. The lowest BCUT2D eigenvalue weighted by Crippen LogP contribution is -2.29. The molecule has 1 aliphatic heterocycles. The minimum atomic E-state index is 0.303. The quantitative estimate of drug-likeness (QED) is 0.293. The summed E-state index contributed by atoms with van der Waals surface area (Å²) in [5.74, 6) is 1.95. The van der Waals surface area contributed by atoms with E-state index in [1.165, 1.54) is 18.4 Å². The molecule has 0 radical (unpaired) electrons. The van der Waals surface area contributed by atoms with Gasteiger partial charge >= 0.3 is 0 Å². The zero-order valence-corrected chi connectivity index (χ0v) is 20.7. The molecule has 180 valence electrons. The van der Waals surface area contributed by atoms with Gasteiger partial charge in [0.25, 0.3) is 0 Å². The molecule has 0 aromatic heterocycles. The fourth-order valence-corrected chi connectivity index (χ4v) is 5.22. The van der Waals surface area contributed by atoms with Crippen LogP contribution in [-0.4, -0.2) is 31.7 Å². The highest BCUT2D eigenvalue weighted by molar-refractivity contribution is 6.16. The smallest absolute Gasteiger partial charge is 0.161 e. The standard InChI is InChI=1S/C30H32N2O3/c1-20(32-35-19-21-10-5-4-6-11-21)22-12-9-13-23(16-22)30-26-18-29(34-3)28(33-2)17-25(26)24-14-7-8-15-27(24)31-30/h4-6,9-13,16-18,24,27H,7-8,14-15,19H2,1-3H3/b32-20+/t24-,27-/m1/s1. The molecule has 0 spiro atoms. The first-order chi connectivity index (χ1) is 17.2. The third kappa shape index (κ3) is 4.81. The van der Waals surface area contributed by atoms with E-state index in [0.717, 1.165) is 58.0 Å². The number of nitrogens with zero attached hydrogens (tertiary/aromatic N) is 2. The van der Waals surface area contributed by atoms with E-state index >= 15 is 0 Å². The molecular formula is C30H32N2O3. The van der Waals surface area contributed by atoms with Crippen LogP contribution in [0.5, 0.6) is 11.5 Å². The van der Waals surface area contributed by atoms with E-state index in [1.807, 2.05) is 37.3 Å². The summed E-state index contributed by atoms with van der Waals surface area (Å²) >= 11 is 0. The topological polar surface area (TPSA) is 52.4 Å². The van der Waals surface area contributed by atoms with Gasteiger partial charge in [0.15, 0.2) is 11.5 Å². The first-order valence-corrected chi connectivity index (χ1v) is 12.3. The van der Waals surface area contributed by atoms with Crippen molar-refractivity contribution in [1.82, 2.24) is 0 Å². The molecule has 5 nitrogen and oxygen atoms in total. The van der Waals surface area contributed by atoms with Crippen LogP contribution in [-0.2, 0) is 11.4 Å². The van der Waals surface area contributed by atoms with E-state index in [-0.39, 0.29) is 0 Å². The van der Waals surface area contributed by atoms with Gasteiger partial charge in [-0.15, -0.1) is 0 Å². The average Bonchev–Trinajstić information content (AvgIpc) is 2.92. The van der Waals surface area contributed by atoms with E-state index in [4.69, 9.17) is 19.3 Å². The number of hydrogen-bond acceptors (Lipinski definition) is 5. The molecule has 5 rings (SSSR count). The van der Waals surface area contributed by atoms with Crippen LogP contribution in [0, 0.1) is 0 Å². The summed E-state index contributed by atoms with van der Waals surface area (Å²) in [5.41, 5.74) is 7.50. The molecule has 35 heavy (non-hydrogen) atoms. The molecule has 1 saturated carbocycles. The highest BCUT2D eigenvalue weighted by atomic mass is 16.6. The number of hydrogen-bond donors (Lipinski definition) is 0. The van der Waals surface area contributed by atoms with Gasteiger partial charge in [-0.1, -0.05) is 66.5 Å². The van der Waals surface area contributed by atoms with E-state index in [0.29, 0.717) is 18.6 Å². The van der Waals surface area contributed by atoms with Crippen LogP contribution < -0.4 is 9.47 Å². The van der Waals surface area contributed by atoms with Gasteiger partial charge in [0, 0.05) is 17.0 Å². The van der Waals surface area contributed by atoms with Gasteiger partial charge in [0.05, 0.1) is 31.7 Å². The van der Waals surface area contributed by atoms with Gasteiger partial charge in [0.2, 0.25) is 0 Å². The van der Waals surface area contributed by atoms with Gasteiger partial charge in [-0.05, 0) is 54.7 Å². The zero-order chi connectivity index (χ0) is 24.2. The Balaban J connectivity index is 1.48. The molecule has 0 N–H and O–H groups in total. The summed E-state index contributed by atoms with van der Waals surface area (Å²) in [4.78, 5) is 10.9. The Hall–Kier alpha value is -3.60. The molecule has 2 aliphatic rings. The molecule has 3 aromatic carbocycles. The largest absolute Gasteiger partial charge is 0.493 e. The minimum absolute atomic E-state index is 0.303. The highest BCUT2D eigenvalue weighted by Gasteiger charge is 2.34. The first kappa shape index (κ1) is 23.2. The predicted molar refractivity (Wildman–Crippen MR) is 140 cm³/mol. The Bertz CT molecular complexity index is 1250. The van der Waals surface area contributed by atoms with Crippen molar-refractivity contribution in [2.45, 2.75) is 51.2 Å². The Labute approximate surface area is 207 Å². The summed E-state index contributed by atoms with van der Waals surface area (Å²) in [5, 5.41) is 4.38. The Morgan fingerprint density at radius 1 is 0.914 bits per heavy atom. The summed E-state index contributed by atoms with van der Waals surface area (Å²) in [7, 11) is 3.38. The number of benzene rings is 3. The molecule has 1 fully saturated rings. The third-order valence-corrected chi connectivity index (χ3v) is 7.06. The van der Waals surface area contributed by atoms with E-state index in [9.17, 15) is 0 Å². The highest BCUT2D eigenvalue weighted by Crippen LogP contribution is 2.44. The maximum absolute atomic E-state index is 5.65. The number of aliphatic imine (C=N–C) groups is 1. The van der Waals surface area contributed by atoms with Crippen molar-refractivity contribution < 1.29 is 14.3 Å². The van der Waals surface area contributed by atoms with Crippen molar-refractivity contribution in [1.29, 1.82) is 0 Å². The van der Waals surface area contributed by atoms with Gasteiger partial charge in [-0.2, -0.15) is 0 Å². The normalized spacial score (nSPS) is 19.3. The van der Waals surface area contributed by atoms with Crippen LogP contribution in [0.1, 0.15) is 66.3 Å². The lowest BCUT2D eigenvalue weighted by Gasteiger charge is -2.35. The summed E-state index contributed by atoms with van der Waals surface area (Å²) < 4.78 is 11.3. The zero-order valence-electron chi connectivity index (χ0n) is 20.7. The van der Waals surface area contributed by atoms with Crippen molar-refractivity contribution in [2.75, 3.05) is 14.2 Å². The molecule has 0 bridgehead atoms. The van der Waals surface area contributed by atoms with Crippen molar-refractivity contribution in [3.8, 4) is 11.5 Å². The lowest BCUT2D eigenvalue weighted by molar-refractivity contribution is 0.130. The Morgan fingerprint density at radius 3 is 2.49 bits per heavy atom.